The van der Waals surface area contributed by atoms with Gasteiger partial charge in [0.2, 0.25) is 0 Å². The third kappa shape index (κ3) is 5.91. The Morgan fingerprint density at radius 2 is 2.06 bits per heavy atom. The Morgan fingerprint density at radius 1 is 1.33 bits per heavy atom. The molecule has 0 fully saturated rings. The normalized spacial score (nSPS) is 13.2. The molecule has 0 spiro atoms. The quantitative estimate of drug-likeness (QED) is 0.580. The number of hydrogen-bond donors (Lipinski definition) is 1. The Bertz CT molecular complexity index is 347. The molecule has 0 saturated heterocycles. The molecule has 18 heavy (non-hydrogen) atoms. The van der Waals surface area contributed by atoms with E-state index in [1.54, 1.807) is 0 Å². The highest BCUT2D eigenvalue weighted by molar-refractivity contribution is 7.99. The predicted octanol–water partition coefficient (Wildman–Crippen LogP) is 3.23. The summed E-state index contributed by atoms with van der Waals surface area (Å²) in [6.45, 7) is 9.95. The molecular weight excluding hydrogens is 242 g/mol. The van der Waals surface area contributed by atoms with Gasteiger partial charge in [0.05, 0.1) is 10.7 Å². The maximum atomic E-state index is 4.35. The number of nitrogens with zero attached hydrogens (tertiary/aromatic N) is 2. The lowest BCUT2D eigenvalue weighted by Crippen LogP contribution is -2.28. The highest BCUT2D eigenvalue weighted by Gasteiger charge is 2.04. The van der Waals surface area contributed by atoms with Crippen LogP contribution in [0.25, 0.3) is 0 Å². The smallest absolute Gasteiger partial charge is 0.0939 e. The van der Waals surface area contributed by atoms with E-state index >= 15 is 0 Å². The van der Waals surface area contributed by atoms with Gasteiger partial charge in [-0.15, -0.1) is 11.8 Å². The largest absolute Gasteiger partial charge is 0.313 e. The van der Waals surface area contributed by atoms with Gasteiger partial charge in [0.15, 0.2) is 0 Å². The van der Waals surface area contributed by atoms with Crippen molar-refractivity contribution in [3.8, 4) is 0 Å². The van der Waals surface area contributed by atoms with E-state index in [4.69, 9.17) is 0 Å². The van der Waals surface area contributed by atoms with E-state index in [0.29, 0.717) is 6.04 Å². The van der Waals surface area contributed by atoms with Gasteiger partial charge in [0.25, 0.3) is 0 Å². The first-order chi connectivity index (χ1) is 8.49. The molecule has 1 heterocycles. The van der Waals surface area contributed by atoms with Crippen molar-refractivity contribution >= 4 is 11.8 Å². The lowest BCUT2D eigenvalue weighted by atomic mass is 10.0. The summed E-state index contributed by atoms with van der Waals surface area (Å²) in [7, 11) is 2.01. The number of aryl methyl sites for hydroxylation is 2. The maximum Gasteiger partial charge on any atom is 0.0939 e. The highest BCUT2D eigenvalue weighted by Crippen LogP contribution is 2.17. The molecule has 1 rings (SSSR count). The third-order valence-electron chi connectivity index (χ3n) is 2.98. The van der Waals surface area contributed by atoms with Crippen molar-refractivity contribution < 1.29 is 0 Å². The first-order valence-corrected chi connectivity index (χ1v) is 7.84. The first kappa shape index (κ1) is 15.6. The van der Waals surface area contributed by atoms with Gasteiger partial charge in [0.1, 0.15) is 0 Å². The zero-order chi connectivity index (χ0) is 13.5. The second-order valence-corrected chi connectivity index (χ2v) is 6.54. The summed E-state index contributed by atoms with van der Waals surface area (Å²) in [5.74, 6) is 1.91. The molecule has 0 saturated carbocycles. The van der Waals surface area contributed by atoms with Crippen LogP contribution in [0.4, 0.5) is 0 Å². The minimum atomic E-state index is 0.626. The van der Waals surface area contributed by atoms with Crippen molar-refractivity contribution in [2.24, 2.45) is 13.0 Å². The van der Waals surface area contributed by atoms with Crippen molar-refractivity contribution in [3.63, 3.8) is 0 Å². The van der Waals surface area contributed by atoms with Gasteiger partial charge < -0.3 is 5.32 Å². The number of nitrogens with one attached hydrogen (secondary N) is 1. The molecule has 0 radical (unpaired) electrons. The summed E-state index contributed by atoms with van der Waals surface area (Å²) in [6.07, 6.45) is 2.58. The summed E-state index contributed by atoms with van der Waals surface area (Å²) in [5.41, 5.74) is 1.10. The first-order valence-electron chi connectivity index (χ1n) is 6.86. The molecule has 1 aromatic rings. The molecule has 0 bridgehead atoms. The number of aromatic nitrogens is 2. The van der Waals surface area contributed by atoms with Gasteiger partial charge in [-0.2, -0.15) is 5.10 Å². The zero-order valence-electron chi connectivity index (χ0n) is 12.4. The maximum absolute atomic E-state index is 4.35. The van der Waals surface area contributed by atoms with Gasteiger partial charge >= 0.3 is 0 Å². The molecule has 0 aliphatic heterocycles. The van der Waals surface area contributed by atoms with Crippen LogP contribution in [0.3, 0.4) is 0 Å². The Kier molecular flexibility index (Phi) is 6.79. The van der Waals surface area contributed by atoms with Crippen molar-refractivity contribution in [2.45, 2.75) is 51.6 Å². The Labute approximate surface area is 116 Å². The fourth-order valence-electron chi connectivity index (χ4n) is 1.87. The van der Waals surface area contributed by atoms with Crippen LogP contribution < -0.4 is 5.32 Å². The van der Waals surface area contributed by atoms with Crippen LogP contribution in [-0.4, -0.2) is 28.1 Å². The fourth-order valence-corrected chi connectivity index (χ4v) is 2.78. The molecule has 0 aliphatic carbocycles. The second kappa shape index (κ2) is 7.85. The van der Waals surface area contributed by atoms with E-state index in [-0.39, 0.29) is 0 Å². The molecule has 1 aromatic heterocycles. The Hall–Kier alpha value is -0.480. The second-order valence-electron chi connectivity index (χ2n) is 5.42. The van der Waals surface area contributed by atoms with Crippen LogP contribution in [-0.2, 0) is 7.05 Å². The minimum absolute atomic E-state index is 0.626. The number of rotatable bonds is 8. The van der Waals surface area contributed by atoms with E-state index in [0.717, 1.165) is 23.9 Å². The summed E-state index contributed by atoms with van der Waals surface area (Å²) >= 11 is 1.87. The van der Waals surface area contributed by atoms with Crippen molar-refractivity contribution in [2.75, 3.05) is 12.3 Å². The van der Waals surface area contributed by atoms with E-state index in [2.05, 4.69) is 37.3 Å². The van der Waals surface area contributed by atoms with Crippen molar-refractivity contribution in [1.82, 2.24) is 15.1 Å². The SMILES string of the molecule is Cc1cc(SCCNC(C)CCC(C)C)n(C)n1. The van der Waals surface area contributed by atoms with Crippen LogP contribution >= 0.6 is 11.8 Å². The molecule has 1 atom stereocenters. The Balaban J connectivity index is 2.13. The van der Waals surface area contributed by atoms with Crippen LogP contribution in [0, 0.1) is 12.8 Å². The minimum Gasteiger partial charge on any atom is -0.313 e. The average Bonchev–Trinajstić information content (AvgIpc) is 2.60. The molecule has 0 aromatic carbocycles. The standard InChI is InChI=1S/C14H27N3S/c1-11(2)6-7-12(3)15-8-9-18-14-10-13(4)16-17(14)5/h10-12,15H,6-9H2,1-5H3. The van der Waals surface area contributed by atoms with Gasteiger partial charge in [-0.05, 0) is 38.7 Å². The fraction of sp³-hybridized carbons (Fsp3) is 0.786. The third-order valence-corrected chi connectivity index (χ3v) is 4.07. The predicted molar refractivity (Wildman–Crippen MR) is 80.2 cm³/mol. The molecular formula is C14H27N3S. The lowest BCUT2D eigenvalue weighted by molar-refractivity contribution is 0.460. The topological polar surface area (TPSA) is 29.9 Å². The van der Waals surface area contributed by atoms with E-state index < -0.39 is 0 Å². The van der Waals surface area contributed by atoms with E-state index in [1.165, 1.54) is 17.9 Å². The molecule has 1 N–H and O–H groups in total. The van der Waals surface area contributed by atoms with Gasteiger partial charge in [-0.25, -0.2) is 0 Å². The zero-order valence-corrected chi connectivity index (χ0v) is 13.2. The van der Waals surface area contributed by atoms with E-state index in [1.807, 2.05) is 30.4 Å². The van der Waals surface area contributed by atoms with Crippen LogP contribution in [0.5, 0.6) is 0 Å². The van der Waals surface area contributed by atoms with Crippen LogP contribution in [0.15, 0.2) is 11.1 Å². The number of hydrogen-bond acceptors (Lipinski definition) is 3. The summed E-state index contributed by atoms with van der Waals surface area (Å²) < 4.78 is 1.96. The molecule has 4 heteroatoms. The van der Waals surface area contributed by atoms with Gasteiger partial charge in [0, 0.05) is 25.4 Å². The van der Waals surface area contributed by atoms with Crippen molar-refractivity contribution in [1.29, 1.82) is 0 Å². The van der Waals surface area contributed by atoms with Crippen LogP contribution in [0.1, 0.15) is 39.3 Å². The summed E-state index contributed by atoms with van der Waals surface area (Å²) in [4.78, 5) is 0. The average molecular weight is 269 g/mol. The highest BCUT2D eigenvalue weighted by atomic mass is 32.2. The van der Waals surface area contributed by atoms with E-state index in [9.17, 15) is 0 Å². The molecule has 0 amide bonds. The Morgan fingerprint density at radius 3 is 2.61 bits per heavy atom. The van der Waals surface area contributed by atoms with Gasteiger partial charge in [-0.1, -0.05) is 13.8 Å². The van der Waals surface area contributed by atoms with Crippen molar-refractivity contribution in [3.05, 3.63) is 11.8 Å². The number of thioether (sulfide) groups is 1. The van der Waals surface area contributed by atoms with Crippen LogP contribution in [0.2, 0.25) is 0 Å². The molecule has 104 valence electrons. The van der Waals surface area contributed by atoms with Gasteiger partial charge in [-0.3, -0.25) is 4.68 Å². The molecule has 0 aliphatic rings. The lowest BCUT2D eigenvalue weighted by Gasteiger charge is -2.14. The summed E-state index contributed by atoms with van der Waals surface area (Å²) in [6, 6.07) is 2.77. The molecule has 1 unspecified atom stereocenters. The molecule has 3 nitrogen and oxygen atoms in total. The monoisotopic (exact) mass is 269 g/mol. The summed E-state index contributed by atoms with van der Waals surface area (Å²) in [5, 5.41) is 9.19.